The van der Waals surface area contributed by atoms with Crippen LogP contribution in [0.1, 0.15) is 50.7 Å². The van der Waals surface area contributed by atoms with E-state index in [1.165, 1.54) is 27.6 Å². The molecule has 0 amide bonds. The maximum Gasteiger partial charge on any atom is 0.145 e. The van der Waals surface area contributed by atoms with Crippen molar-refractivity contribution in [2.75, 3.05) is 0 Å². The van der Waals surface area contributed by atoms with Gasteiger partial charge >= 0.3 is 0 Å². The first-order chi connectivity index (χ1) is 23.0. The van der Waals surface area contributed by atoms with Crippen LogP contribution in [-0.2, 0) is 0 Å². The second-order valence-corrected chi connectivity index (χ2v) is 13.0. The minimum Gasteiger partial charge on any atom is -0.457 e. The fraction of sp³-hybridized carbons (Fsp3) is 0.146. The molecule has 0 saturated heterocycles. The smallest absolute Gasteiger partial charge is 0.145 e. The summed E-state index contributed by atoms with van der Waals surface area (Å²) in [7, 11) is 0. The van der Waals surface area contributed by atoms with Crippen molar-refractivity contribution in [1.82, 2.24) is 23.8 Å². The Kier molecular flexibility index (Phi) is 6.09. The lowest BCUT2D eigenvalue weighted by Crippen LogP contribution is -2.00. The molecule has 0 aliphatic heterocycles. The van der Waals surface area contributed by atoms with Crippen LogP contribution in [0, 0.1) is 0 Å². The number of aromatic nitrogens is 5. The second kappa shape index (κ2) is 10.4. The predicted molar refractivity (Wildman–Crippen MR) is 192 cm³/mol. The summed E-state index contributed by atoms with van der Waals surface area (Å²) in [5.41, 5.74) is 10.3. The van der Waals surface area contributed by atoms with Gasteiger partial charge in [0.05, 0.1) is 16.6 Å². The largest absolute Gasteiger partial charge is 0.457 e. The van der Waals surface area contributed by atoms with Crippen molar-refractivity contribution in [3.05, 3.63) is 127 Å². The highest BCUT2D eigenvalue weighted by molar-refractivity contribution is 6.13. The van der Waals surface area contributed by atoms with Crippen LogP contribution < -0.4 is 4.74 Å². The van der Waals surface area contributed by atoms with E-state index in [0.717, 1.165) is 60.9 Å². The molecule has 0 spiro atoms. The van der Waals surface area contributed by atoms with Crippen molar-refractivity contribution in [3.8, 4) is 22.6 Å². The summed E-state index contributed by atoms with van der Waals surface area (Å²) >= 11 is 0. The summed E-state index contributed by atoms with van der Waals surface area (Å²) in [5.74, 6) is 2.33. The van der Waals surface area contributed by atoms with Crippen LogP contribution in [0.3, 0.4) is 0 Å². The average Bonchev–Trinajstić information content (AvgIpc) is 3.79. The summed E-state index contributed by atoms with van der Waals surface area (Å²) in [6.45, 7) is 9.12. The van der Waals surface area contributed by atoms with Gasteiger partial charge in [-0.3, -0.25) is 13.8 Å². The van der Waals surface area contributed by atoms with Gasteiger partial charge in [0.25, 0.3) is 0 Å². The van der Waals surface area contributed by atoms with Gasteiger partial charge in [-0.2, -0.15) is 0 Å². The number of hydrogen-bond donors (Lipinski definition) is 0. The number of benzene rings is 4. The lowest BCUT2D eigenvalue weighted by molar-refractivity contribution is 0.484. The van der Waals surface area contributed by atoms with Crippen molar-refractivity contribution in [1.29, 1.82) is 0 Å². The average molecular weight is 612 g/mol. The molecule has 228 valence electrons. The van der Waals surface area contributed by atoms with E-state index in [1.54, 1.807) is 0 Å². The number of pyridine rings is 3. The molecule has 0 atom stereocenters. The maximum absolute atomic E-state index is 6.55. The van der Waals surface area contributed by atoms with E-state index in [2.05, 4.69) is 119 Å². The zero-order chi connectivity index (χ0) is 31.8. The van der Waals surface area contributed by atoms with Gasteiger partial charge in [-0.25, -0.2) is 9.97 Å². The standard InChI is InChI=1S/C41H33N5O/c1-24(2)29-7-5-8-30(25(3)4)38(29)26-10-15-36-33(21-26)31-13-11-27(22-34(31)40-43-17-19-45(36)40)47-28-12-14-32-35(23-28)41-44-18-20-46(41)37-9-6-16-42-39(32)37/h5-25H,1-4H3. The molecule has 0 radical (unpaired) electrons. The molecule has 0 unspecified atom stereocenters. The SMILES string of the molecule is CC(C)c1cccc(C(C)C)c1-c1ccc2c(c1)c1ccc(Oc3ccc4c(c3)c3nccn3c3cccnc43)cc1c1nccn21. The lowest BCUT2D eigenvalue weighted by atomic mass is 9.84. The van der Waals surface area contributed by atoms with E-state index in [9.17, 15) is 0 Å². The first-order valence-corrected chi connectivity index (χ1v) is 16.2. The molecular formula is C41H33N5O. The van der Waals surface area contributed by atoms with Crippen LogP contribution in [0.5, 0.6) is 11.5 Å². The zero-order valence-electron chi connectivity index (χ0n) is 26.8. The number of ether oxygens (including phenoxy) is 1. The first-order valence-electron chi connectivity index (χ1n) is 16.2. The van der Waals surface area contributed by atoms with E-state index >= 15 is 0 Å². The highest BCUT2D eigenvalue weighted by atomic mass is 16.5. The first kappa shape index (κ1) is 27.6. The quantitative estimate of drug-likeness (QED) is 0.182. The van der Waals surface area contributed by atoms with Gasteiger partial charge in [-0.1, -0.05) is 52.0 Å². The number of fused-ring (bicyclic) bond motifs is 12. The fourth-order valence-corrected chi connectivity index (χ4v) is 7.32. The molecular weight excluding hydrogens is 578 g/mol. The Balaban J connectivity index is 1.20. The predicted octanol–water partition coefficient (Wildman–Crippen LogP) is 10.7. The molecule has 47 heavy (non-hydrogen) atoms. The topological polar surface area (TPSA) is 56.7 Å². The molecule has 0 aliphatic carbocycles. The Hall–Kier alpha value is -5.75. The highest BCUT2D eigenvalue weighted by Gasteiger charge is 2.18. The fourth-order valence-electron chi connectivity index (χ4n) is 7.32. The third kappa shape index (κ3) is 4.21. The summed E-state index contributed by atoms with van der Waals surface area (Å²) in [4.78, 5) is 14.1. The molecule has 9 rings (SSSR count). The van der Waals surface area contributed by atoms with E-state index in [4.69, 9.17) is 9.72 Å². The Morgan fingerprint density at radius 1 is 0.532 bits per heavy atom. The van der Waals surface area contributed by atoms with E-state index < -0.39 is 0 Å². The van der Waals surface area contributed by atoms with Crippen LogP contribution in [0.4, 0.5) is 0 Å². The van der Waals surface area contributed by atoms with Crippen LogP contribution in [-0.4, -0.2) is 23.8 Å². The Bertz CT molecular complexity index is 2650. The monoisotopic (exact) mass is 611 g/mol. The van der Waals surface area contributed by atoms with Gasteiger partial charge < -0.3 is 4.74 Å². The number of hydrogen-bond acceptors (Lipinski definition) is 4. The summed E-state index contributed by atoms with van der Waals surface area (Å²) < 4.78 is 10.8. The molecule has 0 N–H and O–H groups in total. The normalized spacial score (nSPS) is 12.2. The summed E-state index contributed by atoms with van der Waals surface area (Å²) in [6, 6.07) is 30.2. The Morgan fingerprint density at radius 2 is 1.17 bits per heavy atom. The third-order valence-electron chi connectivity index (χ3n) is 9.49. The number of rotatable bonds is 5. The van der Waals surface area contributed by atoms with Gasteiger partial charge in [0.2, 0.25) is 0 Å². The van der Waals surface area contributed by atoms with Crippen LogP contribution >= 0.6 is 0 Å². The van der Waals surface area contributed by atoms with E-state index in [0.29, 0.717) is 11.8 Å². The third-order valence-corrected chi connectivity index (χ3v) is 9.49. The van der Waals surface area contributed by atoms with Crippen molar-refractivity contribution in [2.24, 2.45) is 0 Å². The molecule has 0 fully saturated rings. The molecule has 6 heteroatoms. The zero-order valence-corrected chi connectivity index (χ0v) is 26.8. The van der Waals surface area contributed by atoms with Gasteiger partial charge in [-0.15, -0.1) is 0 Å². The van der Waals surface area contributed by atoms with Crippen molar-refractivity contribution in [2.45, 2.75) is 39.5 Å². The van der Waals surface area contributed by atoms with Gasteiger partial charge in [0.1, 0.15) is 22.8 Å². The van der Waals surface area contributed by atoms with E-state index in [-0.39, 0.29) is 0 Å². The Morgan fingerprint density at radius 3 is 1.85 bits per heavy atom. The molecule has 6 nitrogen and oxygen atoms in total. The van der Waals surface area contributed by atoms with Crippen molar-refractivity contribution in [3.63, 3.8) is 0 Å². The molecule has 5 heterocycles. The maximum atomic E-state index is 6.55. The lowest BCUT2D eigenvalue weighted by Gasteiger charge is -2.21. The van der Waals surface area contributed by atoms with E-state index in [1.807, 2.05) is 43.1 Å². The minimum absolute atomic E-state index is 0.418. The van der Waals surface area contributed by atoms with Crippen molar-refractivity contribution >= 4 is 54.8 Å². The molecule has 9 aromatic rings. The van der Waals surface area contributed by atoms with Gasteiger partial charge in [-0.05, 0) is 100 Å². The second-order valence-electron chi connectivity index (χ2n) is 13.0. The molecule has 0 aliphatic rings. The number of nitrogens with zero attached hydrogens (tertiary/aromatic N) is 5. The van der Waals surface area contributed by atoms with Crippen LogP contribution in [0.15, 0.2) is 116 Å². The minimum atomic E-state index is 0.418. The molecule has 5 aromatic heterocycles. The molecule has 0 saturated carbocycles. The molecule has 0 bridgehead atoms. The summed E-state index contributed by atoms with van der Waals surface area (Å²) in [6.07, 6.45) is 9.56. The highest BCUT2D eigenvalue weighted by Crippen LogP contribution is 2.40. The summed E-state index contributed by atoms with van der Waals surface area (Å²) in [5, 5.41) is 5.43. The molecule has 4 aromatic carbocycles. The Labute approximate surface area is 271 Å². The number of imidazole rings is 2. The van der Waals surface area contributed by atoms with Crippen molar-refractivity contribution < 1.29 is 4.74 Å². The van der Waals surface area contributed by atoms with Gasteiger partial charge in [0, 0.05) is 52.5 Å². The van der Waals surface area contributed by atoms with Crippen LogP contribution in [0.25, 0.3) is 65.9 Å². The van der Waals surface area contributed by atoms with Gasteiger partial charge in [0.15, 0.2) is 0 Å². The van der Waals surface area contributed by atoms with Crippen LogP contribution in [0.2, 0.25) is 0 Å².